The summed E-state index contributed by atoms with van der Waals surface area (Å²) in [6, 6.07) is 1.14. The van der Waals surface area contributed by atoms with Gasteiger partial charge in [-0.3, -0.25) is 10.1 Å². The number of amides is 3. The third kappa shape index (κ3) is 8.17. The summed E-state index contributed by atoms with van der Waals surface area (Å²) in [7, 11) is -4.00. The molecule has 0 bridgehead atoms. The SMILES string of the molecule is CC(C)CNS(=O)(=O)c1cc(C(=O)OCC(=O)NC(=O)NC(C)C)c(Cl)cc1Cl. The van der Waals surface area contributed by atoms with E-state index in [2.05, 4.69) is 10.0 Å². The summed E-state index contributed by atoms with van der Waals surface area (Å²) in [5.74, 6) is -1.87. The van der Waals surface area contributed by atoms with Crippen molar-refractivity contribution >= 4 is 51.1 Å². The fourth-order valence-corrected chi connectivity index (χ4v) is 3.98. The molecule has 162 valence electrons. The summed E-state index contributed by atoms with van der Waals surface area (Å²) in [6.07, 6.45) is 0. The highest BCUT2D eigenvalue weighted by molar-refractivity contribution is 7.89. The maximum absolute atomic E-state index is 12.4. The molecular formula is C17H23Cl2N3O6S. The Labute approximate surface area is 179 Å². The van der Waals surface area contributed by atoms with Gasteiger partial charge >= 0.3 is 12.0 Å². The lowest BCUT2D eigenvalue weighted by atomic mass is 10.2. The lowest BCUT2D eigenvalue weighted by Gasteiger charge is -2.13. The number of hydrogen-bond acceptors (Lipinski definition) is 6. The van der Waals surface area contributed by atoms with Crippen molar-refractivity contribution in [2.24, 2.45) is 5.92 Å². The van der Waals surface area contributed by atoms with E-state index in [-0.39, 0.29) is 39.0 Å². The quantitative estimate of drug-likeness (QED) is 0.502. The van der Waals surface area contributed by atoms with Crippen molar-refractivity contribution in [1.29, 1.82) is 0 Å². The molecule has 0 aliphatic rings. The smallest absolute Gasteiger partial charge is 0.340 e. The van der Waals surface area contributed by atoms with Gasteiger partial charge < -0.3 is 10.1 Å². The molecule has 29 heavy (non-hydrogen) atoms. The van der Waals surface area contributed by atoms with Crippen molar-refractivity contribution in [2.45, 2.75) is 38.6 Å². The van der Waals surface area contributed by atoms with E-state index in [1.54, 1.807) is 13.8 Å². The number of imide groups is 1. The average molecular weight is 468 g/mol. The van der Waals surface area contributed by atoms with Gasteiger partial charge in [-0.1, -0.05) is 37.0 Å². The number of urea groups is 1. The number of sulfonamides is 1. The lowest BCUT2D eigenvalue weighted by molar-refractivity contribution is -0.123. The van der Waals surface area contributed by atoms with E-state index in [1.807, 2.05) is 19.2 Å². The van der Waals surface area contributed by atoms with Crippen molar-refractivity contribution in [2.75, 3.05) is 13.2 Å². The molecule has 0 heterocycles. The minimum atomic E-state index is -4.00. The maximum Gasteiger partial charge on any atom is 0.340 e. The first-order valence-electron chi connectivity index (χ1n) is 8.59. The molecule has 3 N–H and O–H groups in total. The van der Waals surface area contributed by atoms with E-state index < -0.39 is 34.5 Å². The number of esters is 1. The second-order valence-corrected chi connectivity index (χ2v) is 9.31. The Hall–Kier alpha value is -1.88. The first kappa shape index (κ1) is 25.2. The molecule has 0 spiro atoms. The Bertz CT molecular complexity index is 887. The first-order chi connectivity index (χ1) is 13.3. The fraction of sp³-hybridized carbons (Fsp3) is 0.471. The van der Waals surface area contributed by atoms with Gasteiger partial charge in [-0.25, -0.2) is 22.7 Å². The fourth-order valence-electron chi connectivity index (χ4n) is 1.92. The van der Waals surface area contributed by atoms with Crippen LogP contribution in [0.4, 0.5) is 4.79 Å². The van der Waals surface area contributed by atoms with Gasteiger partial charge in [0, 0.05) is 12.6 Å². The van der Waals surface area contributed by atoms with Crippen LogP contribution in [0.2, 0.25) is 10.0 Å². The van der Waals surface area contributed by atoms with E-state index in [1.165, 1.54) is 0 Å². The number of carbonyl (C=O) groups excluding carboxylic acids is 3. The molecule has 0 saturated carbocycles. The van der Waals surface area contributed by atoms with E-state index in [9.17, 15) is 22.8 Å². The molecule has 0 radical (unpaired) electrons. The van der Waals surface area contributed by atoms with Gasteiger partial charge in [0.1, 0.15) is 4.90 Å². The van der Waals surface area contributed by atoms with Crippen LogP contribution >= 0.6 is 23.2 Å². The molecule has 0 aromatic heterocycles. The first-order valence-corrected chi connectivity index (χ1v) is 10.8. The van der Waals surface area contributed by atoms with Gasteiger partial charge in [0.15, 0.2) is 6.61 Å². The topological polar surface area (TPSA) is 131 Å². The van der Waals surface area contributed by atoms with Crippen LogP contribution in [0.25, 0.3) is 0 Å². The predicted octanol–water partition coefficient (Wildman–Crippen LogP) is 2.32. The third-order valence-electron chi connectivity index (χ3n) is 3.22. The van der Waals surface area contributed by atoms with Crippen LogP contribution in [0, 0.1) is 5.92 Å². The van der Waals surface area contributed by atoms with Crippen molar-refractivity contribution in [3.8, 4) is 0 Å². The molecule has 1 rings (SSSR count). The number of halogens is 2. The van der Waals surface area contributed by atoms with Crippen LogP contribution < -0.4 is 15.4 Å². The van der Waals surface area contributed by atoms with E-state index in [4.69, 9.17) is 27.9 Å². The van der Waals surface area contributed by atoms with Crippen LogP contribution in [0.3, 0.4) is 0 Å². The molecule has 12 heteroatoms. The number of carbonyl (C=O) groups is 3. The molecule has 1 aromatic rings. The van der Waals surface area contributed by atoms with E-state index in [0.717, 1.165) is 12.1 Å². The highest BCUT2D eigenvalue weighted by Crippen LogP contribution is 2.29. The summed E-state index contributed by atoms with van der Waals surface area (Å²) < 4.78 is 32.0. The number of nitrogens with one attached hydrogen (secondary N) is 3. The number of benzene rings is 1. The van der Waals surface area contributed by atoms with Crippen LogP contribution in [-0.2, 0) is 19.6 Å². The molecule has 9 nitrogen and oxygen atoms in total. The van der Waals surface area contributed by atoms with Crippen molar-refractivity contribution in [1.82, 2.24) is 15.4 Å². The molecule has 1 aromatic carbocycles. The van der Waals surface area contributed by atoms with Gasteiger partial charge in [0.05, 0.1) is 15.6 Å². The molecule has 0 unspecified atom stereocenters. The summed E-state index contributed by atoms with van der Waals surface area (Å²) >= 11 is 11.9. The second-order valence-electron chi connectivity index (χ2n) is 6.76. The molecule has 0 atom stereocenters. The third-order valence-corrected chi connectivity index (χ3v) is 5.42. The van der Waals surface area contributed by atoms with Crippen molar-refractivity contribution < 1.29 is 27.5 Å². The highest BCUT2D eigenvalue weighted by atomic mass is 35.5. The standard InChI is InChI=1S/C17H23Cl2N3O6S/c1-9(2)7-20-29(26,27)14-5-11(12(18)6-13(14)19)16(24)28-8-15(23)22-17(25)21-10(3)4/h5-6,9-10,20H,7-8H2,1-4H3,(H2,21,22,23,25). The minimum Gasteiger partial charge on any atom is -0.452 e. The van der Waals surface area contributed by atoms with Crippen LogP contribution in [-0.4, -0.2) is 45.5 Å². The van der Waals surface area contributed by atoms with Gasteiger partial charge in [-0.15, -0.1) is 0 Å². The van der Waals surface area contributed by atoms with Gasteiger partial charge in [-0.05, 0) is 31.9 Å². The largest absolute Gasteiger partial charge is 0.452 e. The maximum atomic E-state index is 12.4. The highest BCUT2D eigenvalue weighted by Gasteiger charge is 2.24. The van der Waals surface area contributed by atoms with Crippen LogP contribution in [0.5, 0.6) is 0 Å². The van der Waals surface area contributed by atoms with Crippen molar-refractivity contribution in [3.63, 3.8) is 0 Å². The Morgan fingerprint density at radius 1 is 1.07 bits per heavy atom. The van der Waals surface area contributed by atoms with Gasteiger partial charge in [0.25, 0.3) is 5.91 Å². The Morgan fingerprint density at radius 3 is 2.24 bits per heavy atom. The van der Waals surface area contributed by atoms with Crippen molar-refractivity contribution in [3.05, 3.63) is 27.7 Å². The Balaban J connectivity index is 2.91. The zero-order valence-electron chi connectivity index (χ0n) is 16.3. The molecule has 0 fully saturated rings. The van der Waals surface area contributed by atoms with Gasteiger partial charge in [0.2, 0.25) is 10.0 Å². The normalized spacial score (nSPS) is 11.4. The van der Waals surface area contributed by atoms with E-state index >= 15 is 0 Å². The van der Waals surface area contributed by atoms with Crippen LogP contribution in [0.15, 0.2) is 17.0 Å². The zero-order valence-corrected chi connectivity index (χ0v) is 18.7. The number of rotatable bonds is 8. The minimum absolute atomic E-state index is 0.0479. The summed E-state index contributed by atoms with van der Waals surface area (Å²) in [6.45, 7) is 6.45. The molecule has 0 aliphatic heterocycles. The monoisotopic (exact) mass is 467 g/mol. The average Bonchev–Trinajstić information content (AvgIpc) is 2.57. The summed E-state index contributed by atoms with van der Waals surface area (Å²) in [5, 5.41) is 4.08. The van der Waals surface area contributed by atoms with Gasteiger partial charge in [-0.2, -0.15) is 0 Å². The summed E-state index contributed by atoms with van der Waals surface area (Å²) in [4.78, 5) is 35.0. The van der Waals surface area contributed by atoms with Crippen LogP contribution in [0.1, 0.15) is 38.1 Å². The molecule has 3 amide bonds. The zero-order chi connectivity index (χ0) is 22.4. The Morgan fingerprint density at radius 2 is 1.69 bits per heavy atom. The number of hydrogen-bond donors (Lipinski definition) is 3. The molecular weight excluding hydrogens is 445 g/mol. The number of ether oxygens (including phenoxy) is 1. The van der Waals surface area contributed by atoms with E-state index in [0.29, 0.717) is 0 Å². The second kappa shape index (κ2) is 10.8. The predicted molar refractivity (Wildman–Crippen MR) is 109 cm³/mol. The molecule has 0 saturated heterocycles. The Kier molecular flexibility index (Phi) is 9.34. The lowest BCUT2D eigenvalue weighted by Crippen LogP contribution is -2.44. The summed E-state index contributed by atoms with van der Waals surface area (Å²) in [5.41, 5.74) is -0.291. The molecule has 0 aliphatic carbocycles.